The number of fused-ring (bicyclic) bond motifs is 1. The molecule has 3 amide bonds. The van der Waals surface area contributed by atoms with Crippen molar-refractivity contribution in [2.45, 2.75) is 58.2 Å². The summed E-state index contributed by atoms with van der Waals surface area (Å²) in [7, 11) is 0. The molecule has 230 valence electrons. The summed E-state index contributed by atoms with van der Waals surface area (Å²) < 4.78 is 16.3. The van der Waals surface area contributed by atoms with Crippen molar-refractivity contribution in [1.29, 1.82) is 0 Å². The Kier molecular flexibility index (Phi) is 11.6. The summed E-state index contributed by atoms with van der Waals surface area (Å²) in [5.41, 5.74) is 0.958. The van der Waals surface area contributed by atoms with Gasteiger partial charge in [0.2, 0.25) is 17.7 Å². The monoisotopic (exact) mass is 628 g/mol. The summed E-state index contributed by atoms with van der Waals surface area (Å²) in [6.07, 6.45) is 2.71. The first kappa shape index (κ1) is 32.5. The summed E-state index contributed by atoms with van der Waals surface area (Å²) in [4.78, 5) is 46.4. The molecule has 0 saturated heterocycles. The Hall–Kier alpha value is -3.44. The molecule has 2 atom stereocenters. The van der Waals surface area contributed by atoms with E-state index in [1.165, 1.54) is 12.1 Å². The molecule has 3 aromatic rings. The molecule has 12 heteroatoms. The van der Waals surface area contributed by atoms with Crippen LogP contribution in [0.25, 0.3) is 11.4 Å². The lowest BCUT2D eigenvalue weighted by atomic mass is 10.0. The first-order chi connectivity index (χ1) is 20.7. The molecule has 0 aliphatic carbocycles. The Morgan fingerprint density at radius 1 is 1.09 bits per heavy atom. The number of hydrogen-bond acceptors (Lipinski definition) is 6. The van der Waals surface area contributed by atoms with E-state index in [0.29, 0.717) is 30.2 Å². The van der Waals surface area contributed by atoms with Gasteiger partial charge in [-0.05, 0) is 42.9 Å². The highest BCUT2D eigenvalue weighted by molar-refractivity contribution is 7.98. The van der Waals surface area contributed by atoms with Gasteiger partial charge in [-0.2, -0.15) is 16.9 Å². The molecule has 0 unspecified atom stereocenters. The zero-order valence-corrected chi connectivity index (χ0v) is 26.3. The third-order valence-electron chi connectivity index (χ3n) is 7.39. The van der Waals surface area contributed by atoms with Crippen molar-refractivity contribution in [3.63, 3.8) is 0 Å². The van der Waals surface area contributed by atoms with Gasteiger partial charge in [-0.15, -0.1) is 0 Å². The van der Waals surface area contributed by atoms with E-state index in [-0.39, 0.29) is 66.7 Å². The predicted molar refractivity (Wildman–Crippen MR) is 167 cm³/mol. The standard InChI is InChI=1S/C31H38ClFN6O3S/c1-20(2)28-30-36-29(21-9-5-4-6-10-21)37-39(30)17-16-38(27(41)19-22-23(32)11-7-12-24(22)33)15-8-13-26(40)34-25(14-18-43-3)31(42)35-28/h4-7,9-12,20,25,28H,8,13-19H2,1-3H3,(H,34,40)(H,35,42)/t25-,28+/m0/s1. The van der Waals surface area contributed by atoms with Gasteiger partial charge in [-0.3, -0.25) is 14.4 Å². The lowest BCUT2D eigenvalue weighted by Crippen LogP contribution is -2.49. The number of carbonyl (C=O) groups excluding carboxylic acids is 3. The maximum absolute atomic E-state index is 14.5. The van der Waals surface area contributed by atoms with Gasteiger partial charge in [-0.25, -0.2) is 14.1 Å². The zero-order valence-electron chi connectivity index (χ0n) is 24.7. The van der Waals surface area contributed by atoms with Crippen LogP contribution in [0.4, 0.5) is 4.39 Å². The zero-order chi connectivity index (χ0) is 30.9. The van der Waals surface area contributed by atoms with Gasteiger partial charge in [0.05, 0.1) is 19.0 Å². The molecule has 2 heterocycles. The van der Waals surface area contributed by atoms with E-state index >= 15 is 0 Å². The molecule has 0 bridgehead atoms. The van der Waals surface area contributed by atoms with Gasteiger partial charge < -0.3 is 15.5 Å². The Balaban J connectivity index is 1.71. The van der Waals surface area contributed by atoms with Gasteiger partial charge in [0, 0.05) is 35.7 Å². The van der Waals surface area contributed by atoms with Crippen LogP contribution in [0.3, 0.4) is 0 Å². The van der Waals surface area contributed by atoms with E-state index in [2.05, 4.69) is 10.6 Å². The fraction of sp³-hybridized carbons (Fsp3) is 0.452. The summed E-state index contributed by atoms with van der Waals surface area (Å²) >= 11 is 7.82. The number of nitrogens with one attached hydrogen (secondary N) is 2. The number of nitrogens with zero attached hydrogens (tertiary/aromatic N) is 4. The maximum atomic E-state index is 14.5. The van der Waals surface area contributed by atoms with Gasteiger partial charge in [0.1, 0.15) is 11.9 Å². The normalized spacial score (nSPS) is 18.5. The summed E-state index contributed by atoms with van der Waals surface area (Å²) in [5.74, 6) is 0.310. The molecule has 1 aliphatic heterocycles. The van der Waals surface area contributed by atoms with Crippen LogP contribution in [0.2, 0.25) is 5.02 Å². The summed E-state index contributed by atoms with van der Waals surface area (Å²) in [5, 5.41) is 11.0. The number of carbonyl (C=O) groups is 3. The minimum absolute atomic E-state index is 0.0544. The highest BCUT2D eigenvalue weighted by Gasteiger charge is 2.30. The molecular formula is C31H38ClFN6O3S. The Labute approximate surface area is 261 Å². The summed E-state index contributed by atoms with van der Waals surface area (Å²) in [6.45, 7) is 4.76. The highest BCUT2D eigenvalue weighted by atomic mass is 35.5. The molecule has 43 heavy (non-hydrogen) atoms. The van der Waals surface area contributed by atoms with Crippen molar-refractivity contribution >= 4 is 41.1 Å². The Morgan fingerprint density at radius 3 is 2.56 bits per heavy atom. The number of benzene rings is 2. The lowest BCUT2D eigenvalue weighted by molar-refractivity contribution is -0.131. The third kappa shape index (κ3) is 8.57. The quantitative estimate of drug-likeness (QED) is 0.394. The lowest BCUT2D eigenvalue weighted by Gasteiger charge is -2.28. The Bertz CT molecular complexity index is 1400. The van der Waals surface area contributed by atoms with Crippen molar-refractivity contribution in [3.8, 4) is 11.4 Å². The number of hydrogen-bond donors (Lipinski definition) is 2. The van der Waals surface area contributed by atoms with Crippen LogP contribution in [0, 0.1) is 11.7 Å². The number of rotatable bonds is 7. The second kappa shape index (κ2) is 15.3. The average Bonchev–Trinajstić information content (AvgIpc) is 3.41. The van der Waals surface area contributed by atoms with Crippen molar-refractivity contribution in [1.82, 2.24) is 30.3 Å². The largest absolute Gasteiger partial charge is 0.344 e. The van der Waals surface area contributed by atoms with Crippen LogP contribution in [-0.4, -0.2) is 68.5 Å². The van der Waals surface area contributed by atoms with Gasteiger partial charge >= 0.3 is 0 Å². The molecule has 9 nitrogen and oxygen atoms in total. The SMILES string of the molecule is CSCC[C@@H]1NC(=O)CCCN(C(=O)Cc2c(F)cccc2Cl)CCn2nc(-c3ccccc3)nc2[C@@H](C(C)C)NC1=O. The van der Waals surface area contributed by atoms with E-state index < -0.39 is 17.9 Å². The van der Waals surface area contributed by atoms with E-state index in [4.69, 9.17) is 21.7 Å². The first-order valence-electron chi connectivity index (χ1n) is 14.5. The molecule has 0 radical (unpaired) electrons. The van der Waals surface area contributed by atoms with E-state index in [1.807, 2.05) is 50.4 Å². The number of thioether (sulfide) groups is 1. The number of aromatic nitrogens is 3. The van der Waals surface area contributed by atoms with Gasteiger partial charge in [0.15, 0.2) is 11.6 Å². The second-order valence-corrected chi connectivity index (χ2v) is 12.3. The average molecular weight is 629 g/mol. The molecule has 4 rings (SSSR count). The molecular weight excluding hydrogens is 591 g/mol. The summed E-state index contributed by atoms with van der Waals surface area (Å²) in [6, 6.07) is 12.7. The van der Waals surface area contributed by atoms with Crippen LogP contribution < -0.4 is 10.6 Å². The van der Waals surface area contributed by atoms with E-state index in [9.17, 15) is 18.8 Å². The minimum Gasteiger partial charge on any atom is -0.344 e. The van der Waals surface area contributed by atoms with Crippen molar-refractivity contribution < 1.29 is 18.8 Å². The van der Waals surface area contributed by atoms with Crippen LogP contribution in [0.15, 0.2) is 48.5 Å². The molecule has 1 aliphatic rings. The van der Waals surface area contributed by atoms with Crippen molar-refractivity contribution in [2.75, 3.05) is 25.1 Å². The third-order valence-corrected chi connectivity index (χ3v) is 8.39. The van der Waals surface area contributed by atoms with E-state index in [1.54, 1.807) is 27.4 Å². The molecule has 0 spiro atoms. The van der Waals surface area contributed by atoms with Crippen LogP contribution in [0.5, 0.6) is 0 Å². The fourth-order valence-corrected chi connectivity index (χ4v) is 5.69. The van der Waals surface area contributed by atoms with Crippen molar-refractivity contribution in [2.24, 2.45) is 5.92 Å². The molecule has 1 aromatic heterocycles. The van der Waals surface area contributed by atoms with Gasteiger partial charge in [0.25, 0.3) is 0 Å². The minimum atomic E-state index is -0.713. The predicted octanol–water partition coefficient (Wildman–Crippen LogP) is 4.65. The van der Waals surface area contributed by atoms with E-state index in [0.717, 1.165) is 5.56 Å². The van der Waals surface area contributed by atoms with Crippen LogP contribution >= 0.6 is 23.4 Å². The maximum Gasteiger partial charge on any atom is 0.243 e. The van der Waals surface area contributed by atoms with Crippen LogP contribution in [0.1, 0.15) is 50.5 Å². The second-order valence-electron chi connectivity index (χ2n) is 10.9. The first-order valence-corrected chi connectivity index (χ1v) is 16.2. The Morgan fingerprint density at radius 2 is 1.86 bits per heavy atom. The van der Waals surface area contributed by atoms with Crippen LogP contribution in [-0.2, 0) is 27.3 Å². The molecule has 2 aromatic carbocycles. The highest BCUT2D eigenvalue weighted by Crippen LogP contribution is 2.25. The molecule has 2 N–H and O–H groups in total. The number of amides is 3. The topological polar surface area (TPSA) is 109 Å². The van der Waals surface area contributed by atoms with Gasteiger partial charge in [-0.1, -0.05) is 61.8 Å². The fourth-order valence-electron chi connectivity index (χ4n) is 4.98. The van der Waals surface area contributed by atoms with Crippen molar-refractivity contribution in [3.05, 3.63) is 70.8 Å². The smallest absolute Gasteiger partial charge is 0.243 e. The molecule has 0 saturated carbocycles. The number of halogens is 2. The molecule has 0 fully saturated rings.